The lowest BCUT2D eigenvalue weighted by Crippen LogP contribution is -2.32. The number of carbonyl (C=O) groups is 1. The van der Waals surface area contributed by atoms with Crippen LogP contribution < -0.4 is 10.6 Å². The zero-order valence-electron chi connectivity index (χ0n) is 13.3. The highest BCUT2D eigenvalue weighted by atomic mass is 32.2. The van der Waals surface area contributed by atoms with Crippen LogP contribution in [-0.4, -0.2) is 35.9 Å². The number of aromatic nitrogens is 3. The molecule has 0 bridgehead atoms. The molecule has 23 heavy (non-hydrogen) atoms. The van der Waals surface area contributed by atoms with Gasteiger partial charge in [0.15, 0.2) is 15.7 Å². The number of nitrogens with zero attached hydrogens (tertiary/aromatic N) is 2. The maximum atomic E-state index is 12.1. The zero-order valence-corrected chi connectivity index (χ0v) is 14.2. The first-order chi connectivity index (χ1) is 10.7. The number of hydrogen-bond donors (Lipinski definition) is 3. The van der Waals surface area contributed by atoms with E-state index in [2.05, 4.69) is 25.8 Å². The third-order valence-corrected chi connectivity index (χ3v) is 4.35. The van der Waals surface area contributed by atoms with Crippen LogP contribution in [0.1, 0.15) is 30.2 Å². The fourth-order valence-corrected chi connectivity index (χ4v) is 2.59. The number of anilines is 1. The normalized spacial score (nSPS) is 12.7. The van der Waals surface area contributed by atoms with E-state index >= 15 is 0 Å². The molecule has 1 heterocycles. The summed E-state index contributed by atoms with van der Waals surface area (Å²) in [6.07, 6.45) is 1.12. The molecule has 0 radical (unpaired) electrons. The maximum absolute atomic E-state index is 12.1. The van der Waals surface area contributed by atoms with Gasteiger partial charge in [-0.15, -0.1) is 0 Å². The number of aryl methyl sites for hydroxylation is 2. The van der Waals surface area contributed by atoms with Gasteiger partial charge in [0.25, 0.3) is 0 Å². The molecule has 0 aliphatic carbocycles. The van der Waals surface area contributed by atoms with E-state index in [0.29, 0.717) is 17.3 Å². The summed E-state index contributed by atoms with van der Waals surface area (Å²) in [5, 5.41) is 12.0. The van der Waals surface area contributed by atoms with Crippen LogP contribution in [0.15, 0.2) is 23.1 Å². The van der Waals surface area contributed by atoms with Crippen LogP contribution in [0.5, 0.6) is 0 Å². The Hall–Kier alpha value is -2.42. The lowest BCUT2D eigenvalue weighted by Gasteiger charge is -2.14. The predicted molar refractivity (Wildman–Crippen MR) is 86.0 cm³/mol. The van der Waals surface area contributed by atoms with Crippen molar-refractivity contribution in [2.45, 2.75) is 31.7 Å². The summed E-state index contributed by atoms with van der Waals surface area (Å²) < 4.78 is 23.2. The summed E-state index contributed by atoms with van der Waals surface area (Å²) >= 11 is 0. The van der Waals surface area contributed by atoms with Gasteiger partial charge in [-0.05, 0) is 38.5 Å². The Balaban J connectivity index is 2.11. The second kappa shape index (κ2) is 6.37. The van der Waals surface area contributed by atoms with Gasteiger partial charge in [-0.3, -0.25) is 5.10 Å². The van der Waals surface area contributed by atoms with Gasteiger partial charge < -0.3 is 10.6 Å². The largest absolute Gasteiger partial charge is 0.328 e. The molecule has 2 aromatic rings. The van der Waals surface area contributed by atoms with E-state index in [-0.39, 0.29) is 4.90 Å². The summed E-state index contributed by atoms with van der Waals surface area (Å²) in [6.45, 7) is 5.30. The quantitative estimate of drug-likeness (QED) is 0.785. The second-order valence-electron chi connectivity index (χ2n) is 5.35. The molecule has 0 saturated carbocycles. The van der Waals surface area contributed by atoms with Gasteiger partial charge in [-0.2, -0.15) is 5.10 Å². The van der Waals surface area contributed by atoms with Crippen molar-refractivity contribution >= 4 is 21.6 Å². The van der Waals surface area contributed by atoms with Crippen molar-refractivity contribution in [2.75, 3.05) is 11.6 Å². The van der Waals surface area contributed by atoms with Crippen molar-refractivity contribution in [3.8, 4) is 0 Å². The predicted octanol–water partition coefficient (Wildman–Crippen LogP) is 1.71. The summed E-state index contributed by atoms with van der Waals surface area (Å²) in [4.78, 5) is 16.4. The molecule has 2 amide bonds. The molecule has 124 valence electrons. The first-order valence-electron chi connectivity index (χ1n) is 6.94. The maximum Gasteiger partial charge on any atom is 0.319 e. The molecule has 0 aliphatic heterocycles. The Bertz CT molecular complexity index is 829. The summed E-state index contributed by atoms with van der Waals surface area (Å²) in [7, 11) is -3.34. The molecule has 0 aliphatic rings. The number of amides is 2. The molecular weight excluding hydrogens is 318 g/mol. The van der Waals surface area contributed by atoms with Crippen LogP contribution in [0, 0.1) is 13.8 Å². The van der Waals surface area contributed by atoms with Crippen LogP contribution in [-0.2, 0) is 9.84 Å². The van der Waals surface area contributed by atoms with Gasteiger partial charge in [0.1, 0.15) is 5.82 Å². The molecule has 0 fully saturated rings. The fraction of sp³-hybridized carbons (Fsp3) is 0.357. The van der Waals surface area contributed by atoms with Crippen LogP contribution in [0.25, 0.3) is 0 Å². The van der Waals surface area contributed by atoms with E-state index in [1.165, 1.54) is 12.1 Å². The molecule has 8 nitrogen and oxygen atoms in total. The summed E-state index contributed by atoms with van der Waals surface area (Å²) in [5.74, 6) is 1.13. The molecular formula is C14H19N5O3S. The highest BCUT2D eigenvalue weighted by Gasteiger charge is 2.15. The van der Waals surface area contributed by atoms with Gasteiger partial charge >= 0.3 is 6.03 Å². The van der Waals surface area contributed by atoms with Crippen LogP contribution >= 0.6 is 0 Å². The lowest BCUT2D eigenvalue weighted by molar-refractivity contribution is 0.249. The average Bonchev–Trinajstić information content (AvgIpc) is 2.86. The van der Waals surface area contributed by atoms with E-state index in [4.69, 9.17) is 0 Å². The fourth-order valence-electron chi connectivity index (χ4n) is 1.94. The molecule has 1 aromatic carbocycles. The van der Waals surface area contributed by atoms with Crippen molar-refractivity contribution in [1.82, 2.24) is 20.5 Å². The molecule has 1 atom stereocenters. The van der Waals surface area contributed by atoms with Gasteiger partial charge in [0.05, 0.1) is 10.9 Å². The monoisotopic (exact) mass is 337 g/mol. The summed E-state index contributed by atoms with van der Waals surface area (Å²) in [5.41, 5.74) is 1.19. The van der Waals surface area contributed by atoms with Crippen molar-refractivity contribution in [3.05, 3.63) is 35.4 Å². The van der Waals surface area contributed by atoms with Crippen LogP contribution in [0.3, 0.4) is 0 Å². The van der Waals surface area contributed by atoms with E-state index < -0.39 is 21.9 Å². The Morgan fingerprint density at radius 2 is 2.00 bits per heavy atom. The number of urea groups is 1. The van der Waals surface area contributed by atoms with Gasteiger partial charge in [-0.1, -0.05) is 6.07 Å². The van der Waals surface area contributed by atoms with Gasteiger partial charge in [0, 0.05) is 11.9 Å². The SMILES string of the molecule is Cc1nc(C(C)NC(=O)Nc2cc(S(C)(=O)=O)ccc2C)n[nH]1. The van der Waals surface area contributed by atoms with Crippen molar-refractivity contribution < 1.29 is 13.2 Å². The second-order valence-corrected chi connectivity index (χ2v) is 7.36. The number of H-pyrrole nitrogens is 1. The molecule has 0 spiro atoms. The van der Waals surface area contributed by atoms with Gasteiger partial charge in [-0.25, -0.2) is 18.2 Å². The molecule has 3 N–H and O–H groups in total. The van der Waals surface area contributed by atoms with E-state index in [1.807, 2.05) is 0 Å². The minimum absolute atomic E-state index is 0.149. The number of carbonyl (C=O) groups excluding carboxylic acids is 1. The Labute approximate surface area is 134 Å². The molecule has 0 saturated heterocycles. The number of hydrogen-bond acceptors (Lipinski definition) is 5. The highest BCUT2D eigenvalue weighted by molar-refractivity contribution is 7.90. The minimum atomic E-state index is -3.34. The molecule has 2 rings (SSSR count). The first-order valence-corrected chi connectivity index (χ1v) is 8.83. The molecule has 9 heteroatoms. The zero-order chi connectivity index (χ0) is 17.2. The van der Waals surface area contributed by atoms with Crippen LogP contribution in [0.2, 0.25) is 0 Å². The van der Waals surface area contributed by atoms with Crippen molar-refractivity contribution in [3.63, 3.8) is 0 Å². The third-order valence-electron chi connectivity index (χ3n) is 3.23. The topological polar surface area (TPSA) is 117 Å². The first kappa shape index (κ1) is 16.9. The third kappa shape index (κ3) is 4.28. The minimum Gasteiger partial charge on any atom is -0.328 e. The number of aromatic amines is 1. The standard InChI is InChI=1S/C14H19N5O3S/c1-8-5-6-11(23(4,21)22)7-12(8)17-14(20)15-9(2)13-16-10(3)18-19-13/h5-7,9H,1-4H3,(H2,15,17,20)(H,16,18,19). The Morgan fingerprint density at radius 3 is 2.57 bits per heavy atom. The lowest BCUT2D eigenvalue weighted by atomic mass is 10.2. The van der Waals surface area contributed by atoms with E-state index in [9.17, 15) is 13.2 Å². The van der Waals surface area contributed by atoms with Gasteiger partial charge in [0.2, 0.25) is 0 Å². The van der Waals surface area contributed by atoms with E-state index in [0.717, 1.165) is 11.8 Å². The Kier molecular flexibility index (Phi) is 4.69. The van der Waals surface area contributed by atoms with Crippen molar-refractivity contribution in [2.24, 2.45) is 0 Å². The molecule has 1 aromatic heterocycles. The van der Waals surface area contributed by atoms with Crippen molar-refractivity contribution in [1.29, 1.82) is 0 Å². The number of benzene rings is 1. The average molecular weight is 337 g/mol. The smallest absolute Gasteiger partial charge is 0.319 e. The molecule has 1 unspecified atom stereocenters. The Morgan fingerprint density at radius 1 is 1.30 bits per heavy atom. The summed E-state index contributed by atoms with van der Waals surface area (Å²) in [6, 6.07) is 3.74. The number of nitrogens with one attached hydrogen (secondary N) is 3. The number of sulfone groups is 1. The van der Waals surface area contributed by atoms with E-state index in [1.54, 1.807) is 26.8 Å². The highest BCUT2D eigenvalue weighted by Crippen LogP contribution is 2.20. The van der Waals surface area contributed by atoms with Crippen LogP contribution in [0.4, 0.5) is 10.5 Å². The number of rotatable bonds is 4.